The van der Waals surface area contributed by atoms with Crippen LogP contribution in [0, 0.1) is 11.8 Å². The van der Waals surface area contributed by atoms with Gasteiger partial charge in [-0.1, -0.05) is 68.3 Å². The van der Waals surface area contributed by atoms with Gasteiger partial charge in [-0.2, -0.15) is 0 Å². The second kappa shape index (κ2) is 20.8. The molecule has 10 nitrogen and oxygen atoms in total. The molecule has 2 aromatic carbocycles. The molecule has 272 valence electrons. The van der Waals surface area contributed by atoms with Gasteiger partial charge in [0.05, 0.1) is 24.7 Å². The minimum absolute atomic E-state index is 0.123. The molecule has 2 fully saturated rings. The summed E-state index contributed by atoms with van der Waals surface area (Å²) in [6.45, 7) is 4.71. The molecule has 4 unspecified atom stereocenters. The van der Waals surface area contributed by atoms with Gasteiger partial charge in [0.25, 0.3) is 0 Å². The summed E-state index contributed by atoms with van der Waals surface area (Å²) in [4.78, 5) is 0. The van der Waals surface area contributed by atoms with Gasteiger partial charge in [0.2, 0.25) is 20.0 Å². The fraction of sp³-hybridized carbons (Fsp3) is 0.647. The first-order chi connectivity index (χ1) is 22.9. The predicted molar refractivity (Wildman–Crippen MR) is 197 cm³/mol. The Labute approximate surface area is 305 Å². The number of piperidine rings is 2. The van der Waals surface area contributed by atoms with Crippen molar-refractivity contribution in [2.24, 2.45) is 11.8 Å². The van der Waals surface area contributed by atoms with Gasteiger partial charge >= 0.3 is 0 Å². The number of methoxy groups -OCH3 is 2. The zero-order valence-corrected chi connectivity index (χ0v) is 33.4. The van der Waals surface area contributed by atoms with Gasteiger partial charge in [-0.15, -0.1) is 0 Å². The van der Waals surface area contributed by atoms with E-state index in [1.54, 1.807) is 22.8 Å². The predicted octanol–water partition coefficient (Wildman–Crippen LogP) is 6.43. The number of ether oxygens (including phenoxy) is 4. The van der Waals surface area contributed by atoms with E-state index < -0.39 is 20.0 Å². The maximum Gasteiger partial charge on any atom is 0.211 e. The molecule has 0 aromatic heterocycles. The minimum Gasteiger partial charge on any atom is -0.385 e. The van der Waals surface area contributed by atoms with Gasteiger partial charge in [0.15, 0.2) is 0 Å². The molecular formula is C34H52Br2N2O8S2. The molecule has 2 saturated heterocycles. The van der Waals surface area contributed by atoms with E-state index in [9.17, 15) is 16.8 Å². The van der Waals surface area contributed by atoms with E-state index in [0.29, 0.717) is 52.6 Å². The zero-order chi connectivity index (χ0) is 35.2. The Hall–Kier alpha value is -0.940. The number of sulfonamides is 2. The summed E-state index contributed by atoms with van der Waals surface area (Å²) in [7, 11) is -2.98. The third-order valence-electron chi connectivity index (χ3n) is 8.64. The Morgan fingerprint density at radius 2 is 1.04 bits per heavy atom. The standard InChI is InChI=1S/2C17H26BrNO4S/c2*1-22-11-6-12-23-17(15-8-3-4-9-16(15)18)14-7-5-10-19(13-14)24(2,20)21/h2*3-4,8-9,14,17H,5-7,10-13H2,1-2H3. The fourth-order valence-electron chi connectivity index (χ4n) is 6.24. The maximum absolute atomic E-state index is 11.9. The molecule has 48 heavy (non-hydrogen) atoms. The summed E-state index contributed by atoms with van der Waals surface area (Å²) in [6, 6.07) is 16.0. The molecule has 0 bridgehead atoms. The zero-order valence-electron chi connectivity index (χ0n) is 28.6. The summed E-state index contributed by atoms with van der Waals surface area (Å²) >= 11 is 7.21. The van der Waals surface area contributed by atoms with E-state index in [2.05, 4.69) is 31.9 Å². The molecule has 2 aliphatic heterocycles. The average molecular weight is 841 g/mol. The van der Waals surface area contributed by atoms with E-state index in [1.165, 1.54) is 12.5 Å². The molecule has 0 aliphatic carbocycles. The van der Waals surface area contributed by atoms with Crippen LogP contribution in [-0.2, 0) is 39.0 Å². The van der Waals surface area contributed by atoms with Crippen molar-refractivity contribution >= 4 is 51.9 Å². The number of nitrogens with zero attached hydrogens (tertiary/aromatic N) is 2. The molecule has 0 N–H and O–H groups in total. The fourth-order valence-corrected chi connectivity index (χ4v) is 9.11. The smallest absolute Gasteiger partial charge is 0.211 e. The normalized spacial score (nSPS) is 20.9. The SMILES string of the molecule is COCCCOC(c1ccccc1Br)C1CCCN(S(C)(=O)=O)C1.COCCCOC(c1ccccc1Br)C1CCCN(S(C)(=O)=O)C1. The molecule has 0 saturated carbocycles. The van der Waals surface area contributed by atoms with Crippen LogP contribution in [-0.4, -0.2) is 105 Å². The first-order valence-electron chi connectivity index (χ1n) is 16.5. The minimum atomic E-state index is -3.17. The molecule has 0 radical (unpaired) electrons. The van der Waals surface area contributed by atoms with Crippen molar-refractivity contribution in [2.45, 2.75) is 50.7 Å². The van der Waals surface area contributed by atoms with Gasteiger partial charge in [-0.05, 0) is 61.8 Å². The van der Waals surface area contributed by atoms with Crippen molar-refractivity contribution in [3.8, 4) is 0 Å². The molecule has 2 aromatic rings. The largest absolute Gasteiger partial charge is 0.385 e. The van der Waals surface area contributed by atoms with Crippen LogP contribution in [0.3, 0.4) is 0 Å². The van der Waals surface area contributed by atoms with Crippen molar-refractivity contribution < 1.29 is 35.8 Å². The number of rotatable bonds is 16. The lowest BCUT2D eigenvalue weighted by Gasteiger charge is -2.36. The van der Waals surface area contributed by atoms with E-state index in [0.717, 1.165) is 58.6 Å². The molecule has 0 amide bonds. The summed E-state index contributed by atoms with van der Waals surface area (Å²) < 4.78 is 75.3. The van der Waals surface area contributed by atoms with Crippen molar-refractivity contribution in [2.75, 3.05) is 79.3 Å². The van der Waals surface area contributed by atoms with Crippen LogP contribution in [0.1, 0.15) is 61.9 Å². The number of benzene rings is 2. The van der Waals surface area contributed by atoms with Crippen molar-refractivity contribution in [1.29, 1.82) is 0 Å². The highest BCUT2D eigenvalue weighted by molar-refractivity contribution is 9.10. The van der Waals surface area contributed by atoms with Crippen molar-refractivity contribution in [3.05, 3.63) is 68.6 Å². The second-order valence-electron chi connectivity index (χ2n) is 12.4. The first kappa shape index (κ1) is 41.5. The molecular weight excluding hydrogens is 788 g/mol. The van der Waals surface area contributed by atoms with Crippen LogP contribution in [0.2, 0.25) is 0 Å². The average Bonchev–Trinajstić information content (AvgIpc) is 3.06. The number of hydrogen-bond donors (Lipinski definition) is 0. The Morgan fingerprint density at radius 3 is 1.38 bits per heavy atom. The van der Waals surface area contributed by atoms with Crippen LogP contribution in [0.5, 0.6) is 0 Å². The molecule has 4 rings (SSSR count). The van der Waals surface area contributed by atoms with Gasteiger partial charge in [-0.25, -0.2) is 25.4 Å². The quantitative estimate of drug-likeness (QED) is 0.178. The topological polar surface area (TPSA) is 112 Å². The van der Waals surface area contributed by atoms with Crippen molar-refractivity contribution in [1.82, 2.24) is 8.61 Å². The summed E-state index contributed by atoms with van der Waals surface area (Å²) in [5.41, 5.74) is 2.16. The Morgan fingerprint density at radius 1 is 0.667 bits per heavy atom. The van der Waals surface area contributed by atoms with Crippen LogP contribution in [0.15, 0.2) is 57.5 Å². The third kappa shape index (κ3) is 13.3. The van der Waals surface area contributed by atoms with Crippen molar-refractivity contribution in [3.63, 3.8) is 0 Å². The molecule has 4 atom stereocenters. The number of halogens is 2. The van der Waals surface area contributed by atoms with E-state index in [4.69, 9.17) is 18.9 Å². The highest BCUT2D eigenvalue weighted by Gasteiger charge is 2.34. The number of hydrogen-bond acceptors (Lipinski definition) is 8. The van der Waals surface area contributed by atoms with E-state index in [1.807, 2.05) is 48.5 Å². The Kier molecular flexibility index (Phi) is 18.0. The lowest BCUT2D eigenvalue weighted by Crippen LogP contribution is -2.41. The first-order valence-corrected chi connectivity index (χ1v) is 21.7. The third-order valence-corrected chi connectivity index (χ3v) is 12.6. The summed E-state index contributed by atoms with van der Waals surface area (Å²) in [5.74, 6) is 0.296. The molecule has 2 aliphatic rings. The van der Waals surface area contributed by atoms with E-state index >= 15 is 0 Å². The van der Waals surface area contributed by atoms with Gasteiger partial charge in [0, 0.05) is 87.6 Å². The molecule has 0 spiro atoms. The van der Waals surface area contributed by atoms with Crippen LogP contribution in [0.4, 0.5) is 0 Å². The van der Waals surface area contributed by atoms with Crippen LogP contribution in [0.25, 0.3) is 0 Å². The highest BCUT2D eigenvalue weighted by atomic mass is 79.9. The summed E-state index contributed by atoms with van der Waals surface area (Å²) in [5, 5.41) is 0. The van der Waals surface area contributed by atoms with Crippen LogP contribution >= 0.6 is 31.9 Å². The van der Waals surface area contributed by atoms with Crippen LogP contribution < -0.4 is 0 Å². The molecule has 14 heteroatoms. The van der Waals surface area contributed by atoms with Gasteiger partial charge in [0.1, 0.15) is 0 Å². The molecule has 2 heterocycles. The Bertz CT molecular complexity index is 1360. The maximum atomic E-state index is 11.9. The monoisotopic (exact) mass is 838 g/mol. The van der Waals surface area contributed by atoms with E-state index in [-0.39, 0.29) is 24.0 Å². The lowest BCUT2D eigenvalue weighted by molar-refractivity contribution is -0.0132. The highest BCUT2D eigenvalue weighted by Crippen LogP contribution is 2.38. The summed E-state index contributed by atoms with van der Waals surface area (Å²) in [6.07, 6.45) is 7.60. The second-order valence-corrected chi connectivity index (χ2v) is 18.0. The van der Waals surface area contributed by atoms with Gasteiger partial charge in [-0.3, -0.25) is 0 Å². The van der Waals surface area contributed by atoms with Gasteiger partial charge < -0.3 is 18.9 Å². The lowest BCUT2D eigenvalue weighted by atomic mass is 9.89. The Balaban J connectivity index is 0.000000260.